The molecule has 2 aromatic carbocycles. The number of anilines is 2. The first kappa shape index (κ1) is 18.0. The number of nitrogens with two attached hydrogens (primary N) is 1. The van der Waals surface area contributed by atoms with Gasteiger partial charge in [-0.25, -0.2) is 4.99 Å². The van der Waals surface area contributed by atoms with Gasteiger partial charge >= 0.3 is 0 Å². The van der Waals surface area contributed by atoms with Crippen molar-refractivity contribution in [3.63, 3.8) is 0 Å². The van der Waals surface area contributed by atoms with Gasteiger partial charge in [0.15, 0.2) is 5.82 Å². The highest BCUT2D eigenvalue weighted by molar-refractivity contribution is 9.10. The van der Waals surface area contributed by atoms with Crippen molar-refractivity contribution in [3.8, 4) is 5.75 Å². The molecule has 0 aliphatic rings. The van der Waals surface area contributed by atoms with Gasteiger partial charge in [-0.15, -0.1) is 0 Å². The van der Waals surface area contributed by atoms with E-state index < -0.39 is 5.91 Å². The van der Waals surface area contributed by atoms with Crippen LogP contribution in [-0.4, -0.2) is 27.4 Å². The number of aromatic nitrogens is 2. The van der Waals surface area contributed by atoms with Crippen molar-refractivity contribution in [1.82, 2.24) is 10.2 Å². The average molecular weight is 435 g/mol. The molecule has 0 spiro atoms. The number of carbonyl (C=O) groups excluding carboxylic acids is 1. The number of phenols is 1. The lowest BCUT2D eigenvalue weighted by atomic mass is 10.2. The van der Waals surface area contributed by atoms with Gasteiger partial charge in [0, 0.05) is 16.4 Å². The predicted molar refractivity (Wildman–Crippen MR) is 105 cm³/mol. The summed E-state index contributed by atoms with van der Waals surface area (Å²) in [4.78, 5) is 16.1. The van der Waals surface area contributed by atoms with Crippen LogP contribution < -0.4 is 11.1 Å². The highest BCUT2D eigenvalue weighted by Gasteiger charge is 2.18. The van der Waals surface area contributed by atoms with E-state index in [0.717, 1.165) is 10.0 Å². The van der Waals surface area contributed by atoms with E-state index in [9.17, 15) is 9.90 Å². The van der Waals surface area contributed by atoms with Crippen LogP contribution in [0.15, 0.2) is 51.9 Å². The van der Waals surface area contributed by atoms with Gasteiger partial charge in [0.25, 0.3) is 5.91 Å². The third-order valence-corrected chi connectivity index (χ3v) is 4.64. The van der Waals surface area contributed by atoms with Crippen LogP contribution in [0, 0.1) is 0 Å². The zero-order valence-electron chi connectivity index (χ0n) is 13.2. The Labute approximate surface area is 162 Å². The first-order chi connectivity index (χ1) is 12.4. The first-order valence-corrected chi connectivity index (χ1v) is 8.54. The first-order valence-electron chi connectivity index (χ1n) is 7.37. The molecule has 0 saturated heterocycles. The number of primary amides is 1. The lowest BCUT2D eigenvalue weighted by Gasteiger charge is -2.06. The maximum atomic E-state index is 11.9. The van der Waals surface area contributed by atoms with E-state index >= 15 is 0 Å². The summed E-state index contributed by atoms with van der Waals surface area (Å²) in [5.41, 5.74) is 6.98. The fourth-order valence-corrected chi connectivity index (χ4v) is 2.59. The highest BCUT2D eigenvalue weighted by atomic mass is 79.9. The fraction of sp³-hybridized carbons (Fsp3) is 0. The number of nitrogens with one attached hydrogen (secondary N) is 2. The SMILES string of the molecule is NC(=O)c1c(N=Cc2ccc(O)cc2)n[nH]c1Nc1ccc(Br)c(Cl)c1. The number of hydrogen-bond acceptors (Lipinski definition) is 5. The average Bonchev–Trinajstić information content (AvgIpc) is 3.00. The zero-order valence-corrected chi connectivity index (χ0v) is 15.5. The monoisotopic (exact) mass is 433 g/mol. The van der Waals surface area contributed by atoms with E-state index in [1.54, 1.807) is 30.3 Å². The molecule has 0 aliphatic carbocycles. The molecule has 0 fully saturated rings. The van der Waals surface area contributed by atoms with Crippen LogP contribution in [0.5, 0.6) is 5.75 Å². The Hall–Kier alpha value is -2.84. The molecule has 26 heavy (non-hydrogen) atoms. The Kier molecular flexibility index (Phi) is 5.24. The third-order valence-electron chi connectivity index (χ3n) is 3.41. The number of H-pyrrole nitrogens is 1. The van der Waals surface area contributed by atoms with Crippen LogP contribution >= 0.6 is 27.5 Å². The van der Waals surface area contributed by atoms with E-state index in [2.05, 4.69) is 36.4 Å². The standard InChI is InChI=1S/C17H13BrClN5O2/c18-12-6-3-10(7-13(12)19)22-17-14(15(20)26)16(23-24-17)21-8-9-1-4-11(25)5-2-9/h1-8,25H,(H2,20,26)(H2,22,23,24). The molecule has 1 amide bonds. The summed E-state index contributed by atoms with van der Waals surface area (Å²) < 4.78 is 0.753. The van der Waals surface area contributed by atoms with Gasteiger partial charge in [0.05, 0.1) is 5.02 Å². The Morgan fingerprint density at radius 2 is 2.04 bits per heavy atom. The molecule has 0 radical (unpaired) electrons. The van der Waals surface area contributed by atoms with Gasteiger partial charge in [-0.3, -0.25) is 9.89 Å². The summed E-state index contributed by atoms with van der Waals surface area (Å²) in [6, 6.07) is 11.7. The van der Waals surface area contributed by atoms with Gasteiger partial charge < -0.3 is 16.2 Å². The Balaban J connectivity index is 1.89. The van der Waals surface area contributed by atoms with E-state index in [1.165, 1.54) is 18.3 Å². The van der Waals surface area contributed by atoms with Crippen molar-refractivity contribution in [2.45, 2.75) is 0 Å². The second-order valence-electron chi connectivity index (χ2n) is 5.27. The number of phenolic OH excluding ortho intramolecular Hbond substituents is 1. The largest absolute Gasteiger partial charge is 0.508 e. The molecule has 9 heteroatoms. The van der Waals surface area contributed by atoms with E-state index in [4.69, 9.17) is 17.3 Å². The predicted octanol–water partition coefficient (Wildman–Crippen LogP) is 4.12. The number of aliphatic imine (C=N–C) groups is 1. The third kappa shape index (κ3) is 4.04. The molecule has 3 rings (SSSR count). The molecule has 0 bridgehead atoms. The molecule has 0 unspecified atom stereocenters. The number of rotatable bonds is 5. The van der Waals surface area contributed by atoms with Gasteiger partial charge in [0.1, 0.15) is 17.1 Å². The van der Waals surface area contributed by atoms with Gasteiger partial charge in [-0.2, -0.15) is 5.10 Å². The molecule has 132 valence electrons. The molecule has 3 aromatic rings. The number of amides is 1. The number of carbonyl (C=O) groups is 1. The normalized spacial score (nSPS) is 11.0. The minimum absolute atomic E-state index is 0.124. The minimum Gasteiger partial charge on any atom is -0.508 e. The van der Waals surface area contributed by atoms with Crippen LogP contribution in [0.3, 0.4) is 0 Å². The quantitative estimate of drug-likeness (QED) is 0.452. The summed E-state index contributed by atoms with van der Waals surface area (Å²) in [7, 11) is 0. The molecule has 1 heterocycles. The summed E-state index contributed by atoms with van der Waals surface area (Å²) in [5, 5.41) is 19.6. The molecule has 0 atom stereocenters. The summed E-state index contributed by atoms with van der Waals surface area (Å²) in [6.07, 6.45) is 1.52. The molecule has 7 nitrogen and oxygen atoms in total. The topological polar surface area (TPSA) is 116 Å². The van der Waals surface area contributed by atoms with E-state index in [1.807, 2.05) is 0 Å². The Bertz CT molecular complexity index is 985. The summed E-state index contributed by atoms with van der Waals surface area (Å²) in [6.45, 7) is 0. The van der Waals surface area contributed by atoms with E-state index in [0.29, 0.717) is 16.5 Å². The maximum absolute atomic E-state index is 11.9. The van der Waals surface area contributed by atoms with Crippen molar-refractivity contribution >= 4 is 57.0 Å². The zero-order chi connectivity index (χ0) is 18.7. The van der Waals surface area contributed by atoms with Gasteiger partial charge in [-0.1, -0.05) is 11.6 Å². The lowest BCUT2D eigenvalue weighted by Crippen LogP contribution is -2.12. The van der Waals surface area contributed by atoms with Crippen LogP contribution in [0.2, 0.25) is 5.02 Å². The summed E-state index contributed by atoms with van der Waals surface area (Å²) >= 11 is 9.39. The molecular formula is C17H13BrClN5O2. The second-order valence-corrected chi connectivity index (χ2v) is 6.53. The number of hydrogen-bond donors (Lipinski definition) is 4. The molecular weight excluding hydrogens is 422 g/mol. The number of aromatic amines is 1. The Morgan fingerprint density at radius 1 is 1.31 bits per heavy atom. The van der Waals surface area contributed by atoms with Crippen LogP contribution in [0.4, 0.5) is 17.3 Å². The van der Waals surface area contributed by atoms with Crippen molar-refractivity contribution < 1.29 is 9.90 Å². The molecule has 0 aliphatic heterocycles. The minimum atomic E-state index is -0.678. The molecule has 0 saturated carbocycles. The number of nitrogens with zero attached hydrogens (tertiary/aromatic N) is 2. The molecule has 5 N–H and O–H groups in total. The van der Waals surface area contributed by atoms with Crippen molar-refractivity contribution in [1.29, 1.82) is 0 Å². The van der Waals surface area contributed by atoms with Crippen molar-refractivity contribution in [3.05, 3.63) is 63.1 Å². The Morgan fingerprint density at radius 3 is 2.69 bits per heavy atom. The number of aromatic hydroxyl groups is 1. The highest BCUT2D eigenvalue weighted by Crippen LogP contribution is 2.30. The van der Waals surface area contributed by atoms with Gasteiger partial charge in [-0.05, 0) is 64.0 Å². The van der Waals surface area contributed by atoms with Crippen molar-refractivity contribution in [2.24, 2.45) is 10.7 Å². The van der Waals surface area contributed by atoms with E-state index in [-0.39, 0.29) is 17.1 Å². The van der Waals surface area contributed by atoms with Crippen molar-refractivity contribution in [2.75, 3.05) is 5.32 Å². The van der Waals surface area contributed by atoms with Crippen LogP contribution in [0.25, 0.3) is 0 Å². The second kappa shape index (κ2) is 7.59. The smallest absolute Gasteiger partial charge is 0.256 e. The lowest BCUT2D eigenvalue weighted by molar-refractivity contribution is 0.100. The number of benzene rings is 2. The fourth-order valence-electron chi connectivity index (χ4n) is 2.16. The number of halogens is 2. The van der Waals surface area contributed by atoms with Crippen LogP contribution in [-0.2, 0) is 0 Å². The van der Waals surface area contributed by atoms with Gasteiger partial charge in [0.2, 0.25) is 0 Å². The maximum Gasteiger partial charge on any atom is 0.256 e. The summed E-state index contributed by atoms with van der Waals surface area (Å²) in [5.74, 6) is -0.0632. The molecule has 1 aromatic heterocycles. The van der Waals surface area contributed by atoms with Crippen LogP contribution in [0.1, 0.15) is 15.9 Å².